The minimum Gasteiger partial charge on any atom is -0.399 e. The summed E-state index contributed by atoms with van der Waals surface area (Å²) in [5, 5.41) is 7.60. The number of rotatable bonds is 3. The van der Waals surface area contributed by atoms with Crippen molar-refractivity contribution in [2.24, 2.45) is 5.14 Å². The van der Waals surface area contributed by atoms with Crippen LogP contribution in [-0.2, 0) is 10.0 Å². The molecule has 6 nitrogen and oxygen atoms in total. The standard InChI is InChI=1S/C13H13N3O3S/c14-10-5-3-4-9(8-10)13(17)16-11-6-1-2-7-12(11)20(15,18)19/h1-8H,14H2,(H,16,17)(H2,15,18,19). The minimum absolute atomic E-state index is 0.127. The van der Waals surface area contributed by atoms with Crippen molar-refractivity contribution in [1.29, 1.82) is 0 Å². The molecule has 2 aromatic rings. The van der Waals surface area contributed by atoms with Crippen LogP contribution in [0.3, 0.4) is 0 Å². The van der Waals surface area contributed by atoms with Gasteiger partial charge in [0.2, 0.25) is 10.0 Å². The van der Waals surface area contributed by atoms with Gasteiger partial charge in [-0.3, -0.25) is 4.79 Å². The van der Waals surface area contributed by atoms with Gasteiger partial charge in [0.1, 0.15) is 4.90 Å². The van der Waals surface area contributed by atoms with Crippen LogP contribution in [0.5, 0.6) is 0 Å². The summed E-state index contributed by atoms with van der Waals surface area (Å²) in [6.07, 6.45) is 0. The van der Waals surface area contributed by atoms with Gasteiger partial charge in [-0.15, -0.1) is 0 Å². The first kappa shape index (κ1) is 14.0. The third-order valence-electron chi connectivity index (χ3n) is 2.59. The lowest BCUT2D eigenvalue weighted by molar-refractivity contribution is 0.102. The predicted molar refractivity (Wildman–Crippen MR) is 76.6 cm³/mol. The molecule has 0 saturated carbocycles. The Labute approximate surface area is 116 Å². The maximum atomic E-state index is 12.0. The van der Waals surface area contributed by atoms with Crippen LogP contribution in [0, 0.1) is 0 Å². The number of amides is 1. The molecule has 104 valence electrons. The first-order valence-corrected chi connectivity index (χ1v) is 7.21. The predicted octanol–water partition coefficient (Wildman–Crippen LogP) is 1.17. The average Bonchev–Trinajstić information content (AvgIpc) is 2.38. The molecule has 0 aliphatic heterocycles. The van der Waals surface area contributed by atoms with Crippen LogP contribution < -0.4 is 16.2 Å². The normalized spacial score (nSPS) is 11.1. The molecule has 5 N–H and O–H groups in total. The van der Waals surface area contributed by atoms with Gasteiger partial charge < -0.3 is 11.1 Å². The van der Waals surface area contributed by atoms with Gasteiger partial charge in [-0.1, -0.05) is 18.2 Å². The Kier molecular flexibility index (Phi) is 3.73. The maximum Gasteiger partial charge on any atom is 0.255 e. The van der Waals surface area contributed by atoms with Gasteiger partial charge in [-0.05, 0) is 30.3 Å². The average molecular weight is 291 g/mol. The summed E-state index contributed by atoms with van der Waals surface area (Å²) in [5.74, 6) is -0.464. The summed E-state index contributed by atoms with van der Waals surface area (Å²) < 4.78 is 22.9. The molecule has 0 atom stereocenters. The Hall–Kier alpha value is -2.38. The molecule has 0 heterocycles. The molecular weight excluding hydrogens is 278 g/mol. The third kappa shape index (κ3) is 3.14. The van der Waals surface area contributed by atoms with E-state index in [2.05, 4.69) is 5.32 Å². The largest absolute Gasteiger partial charge is 0.399 e. The summed E-state index contributed by atoms with van der Waals surface area (Å²) in [6, 6.07) is 12.3. The number of hydrogen-bond acceptors (Lipinski definition) is 4. The van der Waals surface area contributed by atoms with E-state index in [-0.39, 0.29) is 10.6 Å². The van der Waals surface area contributed by atoms with Crippen molar-refractivity contribution >= 4 is 27.3 Å². The van der Waals surface area contributed by atoms with E-state index in [1.807, 2.05) is 0 Å². The molecule has 0 bridgehead atoms. The molecule has 7 heteroatoms. The van der Waals surface area contributed by atoms with Crippen LogP contribution >= 0.6 is 0 Å². The summed E-state index contributed by atoms with van der Waals surface area (Å²) in [5.41, 5.74) is 6.49. The Balaban J connectivity index is 2.34. The summed E-state index contributed by atoms with van der Waals surface area (Å²) >= 11 is 0. The van der Waals surface area contributed by atoms with Gasteiger partial charge in [-0.2, -0.15) is 0 Å². The summed E-state index contributed by atoms with van der Waals surface area (Å²) in [4.78, 5) is 11.9. The van der Waals surface area contributed by atoms with Crippen LogP contribution in [0.1, 0.15) is 10.4 Å². The Morgan fingerprint density at radius 3 is 2.40 bits per heavy atom. The third-order valence-corrected chi connectivity index (χ3v) is 3.56. The Bertz CT molecular complexity index is 757. The number of nitrogen functional groups attached to an aromatic ring is 1. The van der Waals surface area contributed by atoms with Crippen LogP contribution in [0.4, 0.5) is 11.4 Å². The number of benzene rings is 2. The highest BCUT2D eigenvalue weighted by Crippen LogP contribution is 2.20. The van der Waals surface area contributed by atoms with Gasteiger partial charge in [0.25, 0.3) is 5.91 Å². The fourth-order valence-electron chi connectivity index (χ4n) is 1.69. The zero-order chi connectivity index (χ0) is 14.8. The van der Waals surface area contributed by atoms with E-state index in [0.29, 0.717) is 11.3 Å². The van der Waals surface area contributed by atoms with E-state index in [0.717, 1.165) is 0 Å². The van der Waals surface area contributed by atoms with Gasteiger partial charge >= 0.3 is 0 Å². The second kappa shape index (κ2) is 5.32. The Morgan fingerprint density at radius 2 is 1.75 bits per heavy atom. The highest BCUT2D eigenvalue weighted by molar-refractivity contribution is 7.89. The molecule has 0 aliphatic carbocycles. The van der Waals surface area contributed by atoms with Gasteiger partial charge in [0.05, 0.1) is 5.69 Å². The lowest BCUT2D eigenvalue weighted by Crippen LogP contribution is -2.18. The number of nitrogens with two attached hydrogens (primary N) is 2. The molecule has 0 fully saturated rings. The molecule has 2 aromatic carbocycles. The van der Waals surface area contributed by atoms with Crippen molar-refractivity contribution in [2.75, 3.05) is 11.1 Å². The number of nitrogens with one attached hydrogen (secondary N) is 1. The second-order valence-electron chi connectivity index (χ2n) is 4.12. The molecule has 0 saturated heterocycles. The van der Waals surface area contributed by atoms with Crippen LogP contribution in [0.15, 0.2) is 53.4 Å². The molecule has 1 amide bonds. The van der Waals surface area contributed by atoms with Crippen LogP contribution in [-0.4, -0.2) is 14.3 Å². The number of sulfonamides is 1. The quantitative estimate of drug-likeness (QED) is 0.736. The van der Waals surface area contributed by atoms with E-state index in [1.165, 1.54) is 24.3 Å². The van der Waals surface area contributed by atoms with Crippen molar-refractivity contribution in [2.45, 2.75) is 4.90 Å². The van der Waals surface area contributed by atoms with Crippen molar-refractivity contribution in [1.82, 2.24) is 0 Å². The fourth-order valence-corrected chi connectivity index (χ4v) is 2.39. The van der Waals surface area contributed by atoms with Crippen molar-refractivity contribution in [3.63, 3.8) is 0 Å². The van der Waals surface area contributed by atoms with Crippen molar-refractivity contribution in [3.05, 3.63) is 54.1 Å². The van der Waals surface area contributed by atoms with Gasteiger partial charge in [-0.25, -0.2) is 13.6 Å². The van der Waals surface area contributed by atoms with E-state index < -0.39 is 15.9 Å². The number of primary sulfonamides is 1. The number of carbonyl (C=O) groups excluding carboxylic acids is 1. The second-order valence-corrected chi connectivity index (χ2v) is 5.65. The molecule has 0 radical (unpaired) electrons. The number of anilines is 2. The molecule has 0 aromatic heterocycles. The molecule has 2 rings (SSSR count). The van der Waals surface area contributed by atoms with E-state index in [1.54, 1.807) is 24.3 Å². The number of para-hydroxylation sites is 1. The van der Waals surface area contributed by atoms with E-state index in [4.69, 9.17) is 10.9 Å². The summed E-state index contributed by atoms with van der Waals surface area (Å²) in [7, 11) is -3.91. The highest BCUT2D eigenvalue weighted by Gasteiger charge is 2.15. The molecule has 0 spiro atoms. The summed E-state index contributed by atoms with van der Waals surface area (Å²) in [6.45, 7) is 0. The van der Waals surface area contributed by atoms with E-state index >= 15 is 0 Å². The van der Waals surface area contributed by atoms with Crippen LogP contribution in [0.25, 0.3) is 0 Å². The maximum absolute atomic E-state index is 12.0. The van der Waals surface area contributed by atoms with Crippen molar-refractivity contribution in [3.8, 4) is 0 Å². The lowest BCUT2D eigenvalue weighted by Gasteiger charge is -2.09. The fraction of sp³-hybridized carbons (Fsp3) is 0. The van der Waals surface area contributed by atoms with E-state index in [9.17, 15) is 13.2 Å². The topological polar surface area (TPSA) is 115 Å². The highest BCUT2D eigenvalue weighted by atomic mass is 32.2. The first-order valence-electron chi connectivity index (χ1n) is 5.66. The minimum atomic E-state index is -3.91. The van der Waals surface area contributed by atoms with Crippen LogP contribution in [0.2, 0.25) is 0 Å². The molecule has 20 heavy (non-hydrogen) atoms. The van der Waals surface area contributed by atoms with Gasteiger partial charge in [0, 0.05) is 11.3 Å². The lowest BCUT2D eigenvalue weighted by atomic mass is 10.2. The zero-order valence-corrected chi connectivity index (χ0v) is 11.2. The number of hydrogen-bond donors (Lipinski definition) is 3. The van der Waals surface area contributed by atoms with Gasteiger partial charge in [0.15, 0.2) is 0 Å². The zero-order valence-electron chi connectivity index (χ0n) is 10.4. The SMILES string of the molecule is Nc1cccc(C(=O)Nc2ccccc2S(N)(=O)=O)c1. The van der Waals surface area contributed by atoms with Crippen molar-refractivity contribution < 1.29 is 13.2 Å². The molecular formula is C13H13N3O3S. The molecule has 0 unspecified atom stereocenters. The smallest absolute Gasteiger partial charge is 0.255 e. The first-order chi connectivity index (χ1) is 9.38. The Morgan fingerprint density at radius 1 is 1.05 bits per heavy atom. The monoisotopic (exact) mass is 291 g/mol. The number of carbonyl (C=O) groups is 1. The molecule has 0 aliphatic rings.